The number of methoxy groups -OCH3 is 2. The van der Waals surface area contributed by atoms with Crippen molar-refractivity contribution in [2.24, 2.45) is 0 Å². The van der Waals surface area contributed by atoms with Crippen LogP contribution in [0.5, 0.6) is 0 Å². The van der Waals surface area contributed by atoms with E-state index >= 15 is 0 Å². The molecule has 0 fully saturated rings. The number of thiazole rings is 1. The molecule has 102 valence electrons. The SMILES string of the molecule is COC(OC)c1csc(-c2ccc(F)c(F)c2Br)n1. The van der Waals surface area contributed by atoms with E-state index in [0.29, 0.717) is 16.3 Å². The summed E-state index contributed by atoms with van der Waals surface area (Å²) in [6.07, 6.45) is -0.575. The number of halogens is 3. The molecule has 0 atom stereocenters. The predicted molar refractivity (Wildman–Crippen MR) is 71.9 cm³/mol. The van der Waals surface area contributed by atoms with Crippen molar-refractivity contribution >= 4 is 27.3 Å². The average molecular weight is 350 g/mol. The second kappa shape index (κ2) is 6.04. The Morgan fingerprint density at radius 3 is 2.58 bits per heavy atom. The van der Waals surface area contributed by atoms with Crippen LogP contribution in [0.1, 0.15) is 12.0 Å². The fourth-order valence-corrected chi connectivity index (χ4v) is 3.04. The Bertz CT molecular complexity index is 587. The number of ether oxygens (including phenoxy) is 2. The first-order chi connectivity index (χ1) is 9.08. The Morgan fingerprint density at radius 1 is 1.26 bits per heavy atom. The van der Waals surface area contributed by atoms with Crippen LogP contribution < -0.4 is 0 Å². The van der Waals surface area contributed by atoms with E-state index in [-0.39, 0.29) is 4.47 Å². The van der Waals surface area contributed by atoms with E-state index in [2.05, 4.69) is 20.9 Å². The minimum absolute atomic E-state index is 0.0554. The number of rotatable bonds is 4. The standard InChI is InChI=1S/C12H10BrF2NO2S/c1-17-12(18-2)8-5-19-11(16-8)6-3-4-7(14)10(15)9(6)13/h3-5,12H,1-2H3. The van der Waals surface area contributed by atoms with Crippen molar-refractivity contribution in [3.05, 3.63) is 39.3 Å². The molecule has 0 radical (unpaired) electrons. The highest BCUT2D eigenvalue weighted by Crippen LogP contribution is 2.34. The highest BCUT2D eigenvalue weighted by atomic mass is 79.9. The Kier molecular flexibility index (Phi) is 4.62. The molecule has 0 saturated carbocycles. The van der Waals surface area contributed by atoms with Crippen LogP contribution in [-0.4, -0.2) is 19.2 Å². The van der Waals surface area contributed by atoms with Gasteiger partial charge in [-0.25, -0.2) is 13.8 Å². The van der Waals surface area contributed by atoms with E-state index in [0.717, 1.165) is 6.07 Å². The van der Waals surface area contributed by atoms with Crippen LogP contribution in [0.4, 0.5) is 8.78 Å². The maximum absolute atomic E-state index is 13.5. The van der Waals surface area contributed by atoms with Crippen LogP contribution in [0.3, 0.4) is 0 Å². The van der Waals surface area contributed by atoms with E-state index in [1.54, 1.807) is 5.38 Å². The van der Waals surface area contributed by atoms with E-state index in [1.165, 1.54) is 31.6 Å². The molecule has 1 aromatic heterocycles. The van der Waals surface area contributed by atoms with Gasteiger partial charge in [0.25, 0.3) is 0 Å². The van der Waals surface area contributed by atoms with Crippen molar-refractivity contribution in [3.63, 3.8) is 0 Å². The molecular formula is C12H10BrF2NO2S. The quantitative estimate of drug-likeness (QED) is 0.613. The molecule has 3 nitrogen and oxygen atoms in total. The molecule has 0 aliphatic heterocycles. The lowest BCUT2D eigenvalue weighted by Crippen LogP contribution is -2.03. The first-order valence-electron chi connectivity index (χ1n) is 5.23. The van der Waals surface area contributed by atoms with Gasteiger partial charge in [-0.05, 0) is 28.1 Å². The molecule has 0 amide bonds. The summed E-state index contributed by atoms with van der Waals surface area (Å²) in [4.78, 5) is 4.30. The van der Waals surface area contributed by atoms with Crippen molar-refractivity contribution < 1.29 is 18.3 Å². The van der Waals surface area contributed by atoms with Gasteiger partial charge in [-0.2, -0.15) is 0 Å². The van der Waals surface area contributed by atoms with E-state index < -0.39 is 17.9 Å². The minimum atomic E-state index is -0.927. The normalized spacial score (nSPS) is 11.3. The Labute approximate surface area is 121 Å². The van der Waals surface area contributed by atoms with Gasteiger partial charge in [-0.3, -0.25) is 0 Å². The smallest absolute Gasteiger partial charge is 0.201 e. The summed E-state index contributed by atoms with van der Waals surface area (Å²) < 4.78 is 36.8. The van der Waals surface area contributed by atoms with Gasteiger partial charge in [0.2, 0.25) is 6.29 Å². The molecule has 0 unspecified atom stereocenters. The highest BCUT2D eigenvalue weighted by molar-refractivity contribution is 9.10. The van der Waals surface area contributed by atoms with Crippen LogP contribution in [-0.2, 0) is 9.47 Å². The van der Waals surface area contributed by atoms with Gasteiger partial charge in [-0.15, -0.1) is 11.3 Å². The first-order valence-corrected chi connectivity index (χ1v) is 6.90. The third-order valence-electron chi connectivity index (χ3n) is 2.46. The molecule has 7 heteroatoms. The van der Waals surface area contributed by atoms with Crippen molar-refractivity contribution in [2.75, 3.05) is 14.2 Å². The third-order valence-corrected chi connectivity index (χ3v) is 4.13. The minimum Gasteiger partial charge on any atom is -0.350 e. The van der Waals surface area contributed by atoms with E-state index in [4.69, 9.17) is 9.47 Å². The van der Waals surface area contributed by atoms with E-state index in [1.807, 2.05) is 0 Å². The molecule has 0 N–H and O–H groups in total. The molecular weight excluding hydrogens is 340 g/mol. The van der Waals surface area contributed by atoms with Crippen LogP contribution in [0.2, 0.25) is 0 Å². The van der Waals surface area contributed by atoms with Crippen LogP contribution >= 0.6 is 27.3 Å². The number of aromatic nitrogens is 1. The zero-order valence-corrected chi connectivity index (χ0v) is 12.5. The molecule has 0 saturated heterocycles. The van der Waals surface area contributed by atoms with Gasteiger partial charge >= 0.3 is 0 Å². The average Bonchev–Trinajstić information content (AvgIpc) is 2.87. The molecule has 1 aromatic carbocycles. The lowest BCUT2D eigenvalue weighted by Gasteiger charge is -2.09. The van der Waals surface area contributed by atoms with Gasteiger partial charge in [0.05, 0.1) is 4.47 Å². The fraction of sp³-hybridized carbons (Fsp3) is 0.250. The van der Waals surface area contributed by atoms with Crippen LogP contribution in [0, 0.1) is 11.6 Å². The zero-order valence-electron chi connectivity index (χ0n) is 10.1. The third kappa shape index (κ3) is 2.84. The lowest BCUT2D eigenvalue weighted by atomic mass is 10.2. The Balaban J connectivity index is 2.41. The summed E-state index contributed by atoms with van der Waals surface area (Å²) in [5, 5.41) is 2.31. The van der Waals surface area contributed by atoms with Crippen LogP contribution in [0.25, 0.3) is 10.6 Å². The summed E-state index contributed by atoms with van der Waals surface area (Å²) in [7, 11) is 3.00. The van der Waals surface area contributed by atoms with Gasteiger partial charge in [0.1, 0.15) is 10.7 Å². The molecule has 0 bridgehead atoms. The lowest BCUT2D eigenvalue weighted by molar-refractivity contribution is -0.108. The second-order valence-corrected chi connectivity index (χ2v) is 5.25. The van der Waals surface area contributed by atoms with Crippen molar-refractivity contribution in [3.8, 4) is 10.6 Å². The molecule has 2 aromatic rings. The number of nitrogens with zero attached hydrogens (tertiary/aromatic N) is 1. The Morgan fingerprint density at radius 2 is 1.95 bits per heavy atom. The van der Waals surface area contributed by atoms with Crippen molar-refractivity contribution in [1.82, 2.24) is 4.98 Å². The highest BCUT2D eigenvalue weighted by Gasteiger charge is 2.18. The zero-order chi connectivity index (χ0) is 14.0. The molecule has 2 rings (SSSR count). The molecule has 19 heavy (non-hydrogen) atoms. The summed E-state index contributed by atoms with van der Waals surface area (Å²) in [5.74, 6) is -1.83. The van der Waals surface area contributed by atoms with Gasteiger partial charge in [0.15, 0.2) is 11.6 Å². The largest absolute Gasteiger partial charge is 0.350 e. The topological polar surface area (TPSA) is 31.4 Å². The summed E-state index contributed by atoms with van der Waals surface area (Å²) in [6.45, 7) is 0. The fourth-order valence-electron chi connectivity index (χ4n) is 1.55. The van der Waals surface area contributed by atoms with Crippen LogP contribution in [0.15, 0.2) is 22.0 Å². The van der Waals surface area contributed by atoms with Gasteiger partial charge in [0, 0.05) is 25.2 Å². The number of hydrogen-bond donors (Lipinski definition) is 0. The van der Waals surface area contributed by atoms with Gasteiger partial charge < -0.3 is 9.47 Å². The summed E-state index contributed by atoms with van der Waals surface area (Å²) in [6, 6.07) is 2.54. The predicted octanol–water partition coefficient (Wildman–Crippen LogP) is 4.14. The summed E-state index contributed by atoms with van der Waals surface area (Å²) in [5.41, 5.74) is 1.07. The number of benzene rings is 1. The maximum atomic E-state index is 13.5. The Hall–Kier alpha value is -0.890. The van der Waals surface area contributed by atoms with Crippen molar-refractivity contribution in [2.45, 2.75) is 6.29 Å². The molecule has 0 aliphatic carbocycles. The molecule has 0 spiro atoms. The summed E-state index contributed by atoms with van der Waals surface area (Å²) >= 11 is 4.34. The maximum Gasteiger partial charge on any atom is 0.201 e. The van der Waals surface area contributed by atoms with Crippen molar-refractivity contribution in [1.29, 1.82) is 0 Å². The second-order valence-electron chi connectivity index (χ2n) is 3.60. The number of hydrogen-bond acceptors (Lipinski definition) is 4. The van der Waals surface area contributed by atoms with Gasteiger partial charge in [-0.1, -0.05) is 0 Å². The monoisotopic (exact) mass is 349 g/mol. The first kappa shape index (κ1) is 14.5. The molecule has 1 heterocycles. The van der Waals surface area contributed by atoms with E-state index in [9.17, 15) is 8.78 Å². The molecule has 0 aliphatic rings.